The van der Waals surface area contributed by atoms with Gasteiger partial charge in [0.15, 0.2) is 0 Å². The third-order valence-electron chi connectivity index (χ3n) is 3.14. The summed E-state index contributed by atoms with van der Waals surface area (Å²) in [5.74, 6) is 0.272. The quantitative estimate of drug-likeness (QED) is 0.598. The number of halogens is 2. The van der Waals surface area contributed by atoms with Crippen molar-refractivity contribution >= 4 is 34.5 Å². The molecule has 0 N–H and O–H groups in total. The minimum Gasteiger partial charge on any atom is -0.333 e. The van der Waals surface area contributed by atoms with Gasteiger partial charge in [0.2, 0.25) is 5.82 Å². The van der Waals surface area contributed by atoms with Gasteiger partial charge in [-0.05, 0) is 54.3 Å². The van der Waals surface area contributed by atoms with Crippen molar-refractivity contribution in [3.63, 3.8) is 0 Å². The summed E-state index contributed by atoms with van der Waals surface area (Å²) < 4.78 is 18.1. The van der Waals surface area contributed by atoms with Gasteiger partial charge in [-0.25, -0.2) is 4.39 Å². The second-order valence-electron chi connectivity index (χ2n) is 4.70. The number of thioether (sulfide) groups is 1. The molecule has 0 spiro atoms. The molecule has 0 aliphatic rings. The fraction of sp³-hybridized carbons (Fsp3) is 0.0588. The molecule has 3 aromatic rings. The highest BCUT2D eigenvalue weighted by atomic mass is 35.5. The Bertz CT molecular complexity index is 829. The van der Waals surface area contributed by atoms with Gasteiger partial charge in [0.05, 0.1) is 0 Å². The molecule has 3 nitrogen and oxygen atoms in total. The van der Waals surface area contributed by atoms with Crippen LogP contribution >= 0.6 is 23.4 Å². The predicted molar refractivity (Wildman–Crippen MR) is 91.6 cm³/mol. The first kappa shape index (κ1) is 15.8. The van der Waals surface area contributed by atoms with Crippen molar-refractivity contribution in [3.8, 4) is 11.4 Å². The Kier molecular flexibility index (Phi) is 4.79. The van der Waals surface area contributed by atoms with Crippen LogP contribution in [0, 0.1) is 5.82 Å². The molecule has 2 aromatic carbocycles. The number of hydrogen-bond acceptors (Lipinski definition) is 4. The zero-order valence-corrected chi connectivity index (χ0v) is 13.7. The standard InChI is InChI=1S/C17H12ClFN2OS/c1-23-14-8-2-11(3-9-14)10-15(18)17-20-16(21-22-17)12-4-6-13(19)7-5-12/h2-10H,1H3/b15-10-. The maximum absolute atomic E-state index is 12.9. The van der Waals surface area contributed by atoms with E-state index in [9.17, 15) is 4.39 Å². The third-order valence-corrected chi connectivity index (χ3v) is 4.16. The van der Waals surface area contributed by atoms with Crippen LogP contribution < -0.4 is 0 Å². The highest BCUT2D eigenvalue weighted by molar-refractivity contribution is 7.98. The van der Waals surface area contributed by atoms with Gasteiger partial charge in [-0.3, -0.25) is 0 Å². The molecule has 6 heteroatoms. The van der Waals surface area contributed by atoms with Crippen molar-refractivity contribution in [3.05, 3.63) is 65.8 Å². The molecule has 0 bridgehead atoms. The van der Waals surface area contributed by atoms with Crippen LogP contribution in [-0.2, 0) is 0 Å². The van der Waals surface area contributed by atoms with E-state index in [-0.39, 0.29) is 11.7 Å². The molecule has 1 heterocycles. The van der Waals surface area contributed by atoms with Crippen molar-refractivity contribution in [1.29, 1.82) is 0 Å². The molecule has 0 saturated heterocycles. The molecule has 0 saturated carbocycles. The molecule has 0 amide bonds. The second kappa shape index (κ2) is 6.98. The van der Waals surface area contributed by atoms with Crippen LogP contribution in [0.2, 0.25) is 0 Å². The van der Waals surface area contributed by atoms with Gasteiger partial charge in [-0.1, -0.05) is 28.9 Å². The molecule has 1 aromatic heterocycles. The normalized spacial score (nSPS) is 11.7. The van der Waals surface area contributed by atoms with Crippen molar-refractivity contribution < 1.29 is 8.91 Å². The van der Waals surface area contributed by atoms with Gasteiger partial charge in [0, 0.05) is 10.5 Å². The van der Waals surface area contributed by atoms with Crippen molar-refractivity contribution in [2.24, 2.45) is 0 Å². The number of aromatic nitrogens is 2. The largest absolute Gasteiger partial charge is 0.333 e. The van der Waals surface area contributed by atoms with E-state index >= 15 is 0 Å². The average Bonchev–Trinajstić information content (AvgIpc) is 3.06. The highest BCUT2D eigenvalue weighted by Crippen LogP contribution is 2.25. The molecule has 116 valence electrons. The minimum absolute atomic E-state index is 0.222. The summed E-state index contributed by atoms with van der Waals surface area (Å²) in [4.78, 5) is 5.41. The Morgan fingerprint density at radius 2 is 1.83 bits per heavy atom. The summed E-state index contributed by atoms with van der Waals surface area (Å²) >= 11 is 7.91. The summed E-state index contributed by atoms with van der Waals surface area (Å²) in [5, 5.41) is 4.22. The van der Waals surface area contributed by atoms with Crippen molar-refractivity contribution in [1.82, 2.24) is 10.1 Å². The third kappa shape index (κ3) is 3.81. The van der Waals surface area contributed by atoms with Crippen LogP contribution in [0.25, 0.3) is 22.5 Å². The van der Waals surface area contributed by atoms with Crippen molar-refractivity contribution in [2.45, 2.75) is 4.90 Å². The van der Waals surface area contributed by atoms with Crippen LogP contribution in [-0.4, -0.2) is 16.4 Å². The first-order valence-electron chi connectivity index (χ1n) is 6.77. The number of hydrogen-bond donors (Lipinski definition) is 0. The van der Waals surface area contributed by atoms with Crippen LogP contribution in [0.1, 0.15) is 11.5 Å². The SMILES string of the molecule is CSc1ccc(/C=C(\Cl)c2nc(-c3ccc(F)cc3)no2)cc1. The minimum atomic E-state index is -0.316. The van der Waals surface area contributed by atoms with E-state index in [1.807, 2.05) is 30.5 Å². The van der Waals surface area contributed by atoms with Crippen molar-refractivity contribution in [2.75, 3.05) is 6.26 Å². The van der Waals surface area contributed by atoms with Crippen LogP contribution in [0.5, 0.6) is 0 Å². The summed E-state index contributed by atoms with van der Waals surface area (Å²) in [6.45, 7) is 0. The fourth-order valence-corrected chi connectivity index (χ4v) is 2.56. The molecule has 0 unspecified atom stereocenters. The Balaban J connectivity index is 1.83. The molecule has 23 heavy (non-hydrogen) atoms. The predicted octanol–water partition coefficient (Wildman–Crippen LogP) is 5.33. The monoisotopic (exact) mass is 346 g/mol. The molecule has 0 aliphatic heterocycles. The molecule has 0 aliphatic carbocycles. The number of rotatable bonds is 4. The Hall–Kier alpha value is -2.11. The average molecular weight is 347 g/mol. The van der Waals surface area contributed by atoms with E-state index in [4.69, 9.17) is 16.1 Å². The lowest BCUT2D eigenvalue weighted by Gasteiger charge is -1.97. The van der Waals surface area contributed by atoms with E-state index in [0.29, 0.717) is 16.4 Å². The zero-order chi connectivity index (χ0) is 16.2. The zero-order valence-electron chi connectivity index (χ0n) is 12.2. The first-order chi connectivity index (χ1) is 11.2. The van der Waals surface area contributed by atoms with E-state index < -0.39 is 0 Å². The van der Waals surface area contributed by atoms with E-state index in [1.165, 1.54) is 17.0 Å². The first-order valence-corrected chi connectivity index (χ1v) is 8.37. The summed E-state index contributed by atoms with van der Waals surface area (Å²) in [6.07, 6.45) is 3.78. The number of nitrogens with zero attached hydrogens (tertiary/aromatic N) is 2. The Labute approximate surface area is 142 Å². The van der Waals surface area contributed by atoms with Gasteiger partial charge < -0.3 is 4.52 Å². The Morgan fingerprint density at radius 1 is 1.13 bits per heavy atom. The summed E-state index contributed by atoms with van der Waals surface area (Å²) in [7, 11) is 0. The maximum atomic E-state index is 12.9. The lowest BCUT2D eigenvalue weighted by Crippen LogP contribution is -1.82. The fourth-order valence-electron chi connectivity index (χ4n) is 1.94. The van der Waals surface area contributed by atoms with Crippen LogP contribution in [0.15, 0.2) is 57.9 Å². The Morgan fingerprint density at radius 3 is 2.48 bits per heavy atom. The topological polar surface area (TPSA) is 38.9 Å². The lowest BCUT2D eigenvalue weighted by atomic mass is 10.2. The highest BCUT2D eigenvalue weighted by Gasteiger charge is 2.11. The lowest BCUT2D eigenvalue weighted by molar-refractivity contribution is 0.410. The van der Waals surface area contributed by atoms with Gasteiger partial charge in [0.25, 0.3) is 5.89 Å². The smallest absolute Gasteiger partial charge is 0.269 e. The summed E-state index contributed by atoms with van der Waals surface area (Å²) in [6, 6.07) is 13.8. The van der Waals surface area contributed by atoms with E-state index in [0.717, 1.165) is 5.56 Å². The van der Waals surface area contributed by atoms with E-state index in [1.54, 1.807) is 30.0 Å². The molecule has 0 fully saturated rings. The van der Waals surface area contributed by atoms with Crippen LogP contribution in [0.4, 0.5) is 4.39 Å². The molecule has 3 rings (SSSR count). The van der Waals surface area contributed by atoms with Gasteiger partial charge >= 0.3 is 0 Å². The second-order valence-corrected chi connectivity index (χ2v) is 5.98. The van der Waals surface area contributed by atoms with Gasteiger partial charge in [-0.15, -0.1) is 11.8 Å². The molecule has 0 atom stereocenters. The van der Waals surface area contributed by atoms with Gasteiger partial charge in [-0.2, -0.15) is 4.98 Å². The maximum Gasteiger partial charge on any atom is 0.269 e. The number of benzene rings is 2. The molecular formula is C17H12ClFN2OS. The van der Waals surface area contributed by atoms with E-state index in [2.05, 4.69) is 10.1 Å². The summed E-state index contributed by atoms with van der Waals surface area (Å²) in [5.41, 5.74) is 1.60. The molecular weight excluding hydrogens is 335 g/mol. The molecule has 0 radical (unpaired) electrons. The van der Waals surface area contributed by atoms with Gasteiger partial charge in [0.1, 0.15) is 10.8 Å². The van der Waals surface area contributed by atoms with Crippen LogP contribution in [0.3, 0.4) is 0 Å².